The average molecular weight is 324 g/mol. The summed E-state index contributed by atoms with van der Waals surface area (Å²) in [5, 5.41) is 4.47. The van der Waals surface area contributed by atoms with Gasteiger partial charge in [-0.05, 0) is 25.1 Å². The zero-order valence-electron chi connectivity index (χ0n) is 13.6. The maximum absolute atomic E-state index is 5.83. The maximum atomic E-state index is 5.83. The molecule has 1 saturated heterocycles. The Morgan fingerprint density at radius 2 is 2.04 bits per heavy atom. The van der Waals surface area contributed by atoms with Gasteiger partial charge in [0.15, 0.2) is 5.82 Å². The molecule has 0 aliphatic carbocycles. The molecule has 2 atom stereocenters. The molecule has 1 aliphatic heterocycles. The van der Waals surface area contributed by atoms with E-state index in [4.69, 9.17) is 9.47 Å². The molecule has 2 aromatic heterocycles. The third kappa shape index (κ3) is 2.64. The van der Waals surface area contributed by atoms with Gasteiger partial charge in [0.25, 0.3) is 0 Å². The molecule has 6 nitrogen and oxygen atoms in total. The largest absolute Gasteiger partial charge is 0.376 e. The molecule has 4 rings (SSSR count). The van der Waals surface area contributed by atoms with E-state index in [-0.39, 0.29) is 12.1 Å². The predicted octanol–water partition coefficient (Wildman–Crippen LogP) is 2.71. The molecule has 1 aromatic carbocycles. The normalized spacial score (nSPS) is 20.5. The van der Waals surface area contributed by atoms with Crippen molar-refractivity contribution in [1.82, 2.24) is 19.3 Å². The van der Waals surface area contributed by atoms with Crippen LogP contribution in [0.25, 0.3) is 17.2 Å². The summed E-state index contributed by atoms with van der Waals surface area (Å²) in [7, 11) is 0. The van der Waals surface area contributed by atoms with Gasteiger partial charge < -0.3 is 14.0 Å². The van der Waals surface area contributed by atoms with E-state index in [1.54, 1.807) is 6.20 Å². The lowest BCUT2D eigenvalue weighted by Gasteiger charge is -2.21. The van der Waals surface area contributed by atoms with Crippen LogP contribution in [0.15, 0.2) is 55.0 Å². The van der Waals surface area contributed by atoms with Crippen molar-refractivity contribution in [2.24, 2.45) is 0 Å². The van der Waals surface area contributed by atoms with E-state index < -0.39 is 0 Å². The van der Waals surface area contributed by atoms with Crippen molar-refractivity contribution in [3.05, 3.63) is 55.0 Å². The van der Waals surface area contributed by atoms with Crippen LogP contribution in [-0.4, -0.2) is 45.3 Å². The van der Waals surface area contributed by atoms with E-state index in [0.717, 1.165) is 17.2 Å². The van der Waals surface area contributed by atoms with Gasteiger partial charge in [0.2, 0.25) is 0 Å². The second kappa shape index (κ2) is 6.59. The second-order valence-corrected chi connectivity index (χ2v) is 5.72. The fourth-order valence-electron chi connectivity index (χ4n) is 3.18. The molecule has 6 heteroatoms. The van der Waals surface area contributed by atoms with Crippen molar-refractivity contribution < 1.29 is 9.47 Å². The van der Waals surface area contributed by atoms with Crippen LogP contribution in [0.2, 0.25) is 0 Å². The average Bonchev–Trinajstić information content (AvgIpc) is 3.35. The van der Waals surface area contributed by atoms with Crippen molar-refractivity contribution in [2.45, 2.75) is 19.1 Å². The summed E-state index contributed by atoms with van der Waals surface area (Å²) in [6.45, 7) is 3.94. The fourth-order valence-corrected chi connectivity index (χ4v) is 3.18. The Morgan fingerprint density at radius 1 is 1.17 bits per heavy atom. The molecule has 3 heterocycles. The van der Waals surface area contributed by atoms with Gasteiger partial charge in [-0.1, -0.05) is 18.2 Å². The highest BCUT2D eigenvalue weighted by molar-refractivity contribution is 5.54. The number of rotatable bonds is 5. The first-order chi connectivity index (χ1) is 11.9. The van der Waals surface area contributed by atoms with E-state index in [9.17, 15) is 0 Å². The quantitative estimate of drug-likeness (QED) is 0.724. The first kappa shape index (κ1) is 15.1. The number of ether oxygens (including phenoxy) is 2. The number of hydrogen-bond donors (Lipinski definition) is 0. The van der Waals surface area contributed by atoms with E-state index in [1.165, 1.54) is 0 Å². The Morgan fingerprint density at radius 3 is 2.88 bits per heavy atom. The van der Waals surface area contributed by atoms with Gasteiger partial charge in [0, 0.05) is 19.0 Å². The molecule has 0 N–H and O–H groups in total. The highest BCUT2D eigenvalue weighted by Gasteiger charge is 2.32. The number of imidazole rings is 1. The van der Waals surface area contributed by atoms with Crippen molar-refractivity contribution >= 4 is 0 Å². The number of nitrogens with zero attached hydrogens (tertiary/aromatic N) is 4. The van der Waals surface area contributed by atoms with Gasteiger partial charge in [-0.15, -0.1) is 0 Å². The Kier molecular flexibility index (Phi) is 4.15. The van der Waals surface area contributed by atoms with Crippen LogP contribution >= 0.6 is 0 Å². The molecule has 0 unspecified atom stereocenters. The molecular formula is C18H20N4O2. The minimum Gasteiger partial charge on any atom is -0.376 e. The molecule has 3 aromatic rings. The monoisotopic (exact) mass is 324 g/mol. The molecule has 0 saturated carbocycles. The van der Waals surface area contributed by atoms with Crippen LogP contribution in [0.3, 0.4) is 0 Å². The molecule has 0 spiro atoms. The topological polar surface area (TPSA) is 54.1 Å². The van der Waals surface area contributed by atoms with Crippen molar-refractivity contribution in [1.29, 1.82) is 0 Å². The highest BCUT2D eigenvalue weighted by Crippen LogP contribution is 2.29. The lowest BCUT2D eigenvalue weighted by Crippen LogP contribution is -2.26. The van der Waals surface area contributed by atoms with E-state index >= 15 is 0 Å². The summed E-state index contributed by atoms with van der Waals surface area (Å²) in [6, 6.07) is 12.2. The first-order valence-electron chi connectivity index (χ1n) is 8.20. The number of para-hydroxylation sites is 1. The molecular weight excluding hydrogens is 304 g/mol. The van der Waals surface area contributed by atoms with Gasteiger partial charge in [0.05, 0.1) is 31.1 Å². The number of benzene rings is 1. The Balaban J connectivity index is 1.73. The standard InChI is InChI=1S/C18H20N4O2/c1-2-24-17-13-23-12-16(17)21-11-10-19-18(21)15-8-9-20-22(15)14-6-4-3-5-7-14/h3-11,16-17H,2,12-13H2,1H3/t16-,17-/m0/s1. The lowest BCUT2D eigenvalue weighted by molar-refractivity contribution is 0.0364. The van der Waals surface area contributed by atoms with Crippen molar-refractivity contribution in [3.8, 4) is 17.2 Å². The van der Waals surface area contributed by atoms with Gasteiger partial charge in [-0.2, -0.15) is 5.10 Å². The molecule has 1 aliphatic rings. The Hall–Kier alpha value is -2.44. The van der Waals surface area contributed by atoms with E-state index in [1.807, 2.05) is 60.4 Å². The molecule has 1 fully saturated rings. The van der Waals surface area contributed by atoms with Crippen molar-refractivity contribution in [3.63, 3.8) is 0 Å². The zero-order valence-corrected chi connectivity index (χ0v) is 13.6. The minimum absolute atomic E-state index is 0.0519. The maximum Gasteiger partial charge on any atom is 0.159 e. The van der Waals surface area contributed by atoms with Crippen LogP contribution < -0.4 is 0 Å². The summed E-state index contributed by atoms with van der Waals surface area (Å²) in [4.78, 5) is 4.57. The lowest BCUT2D eigenvalue weighted by atomic mass is 10.2. The molecule has 24 heavy (non-hydrogen) atoms. The first-order valence-corrected chi connectivity index (χ1v) is 8.20. The Labute approximate surface area is 140 Å². The number of hydrogen-bond acceptors (Lipinski definition) is 4. The van der Waals surface area contributed by atoms with Crippen LogP contribution in [0.1, 0.15) is 13.0 Å². The summed E-state index contributed by atoms with van der Waals surface area (Å²) >= 11 is 0. The van der Waals surface area contributed by atoms with Crippen LogP contribution in [0.4, 0.5) is 0 Å². The second-order valence-electron chi connectivity index (χ2n) is 5.72. The SMILES string of the molecule is CCO[C@H]1COC[C@@H]1n1ccnc1-c1ccnn1-c1ccccc1. The molecule has 0 bridgehead atoms. The smallest absolute Gasteiger partial charge is 0.159 e. The van der Waals surface area contributed by atoms with Crippen molar-refractivity contribution in [2.75, 3.05) is 19.8 Å². The zero-order chi connectivity index (χ0) is 16.4. The van der Waals surface area contributed by atoms with E-state index in [0.29, 0.717) is 19.8 Å². The minimum atomic E-state index is 0.0519. The summed E-state index contributed by atoms with van der Waals surface area (Å²) in [5.41, 5.74) is 1.96. The predicted molar refractivity (Wildman–Crippen MR) is 90.1 cm³/mol. The molecule has 124 valence electrons. The van der Waals surface area contributed by atoms with Gasteiger partial charge in [0.1, 0.15) is 11.8 Å². The third-order valence-electron chi connectivity index (χ3n) is 4.28. The summed E-state index contributed by atoms with van der Waals surface area (Å²) in [5.74, 6) is 0.872. The van der Waals surface area contributed by atoms with Crippen LogP contribution in [-0.2, 0) is 9.47 Å². The fraction of sp³-hybridized carbons (Fsp3) is 0.333. The Bertz CT molecular complexity index is 796. The van der Waals surface area contributed by atoms with E-state index in [2.05, 4.69) is 14.6 Å². The summed E-state index contributed by atoms with van der Waals surface area (Å²) in [6.07, 6.45) is 5.66. The molecule has 0 radical (unpaired) electrons. The van der Waals surface area contributed by atoms with Gasteiger partial charge in [-0.25, -0.2) is 9.67 Å². The third-order valence-corrected chi connectivity index (χ3v) is 4.28. The molecule has 0 amide bonds. The van der Waals surface area contributed by atoms with Gasteiger partial charge in [-0.3, -0.25) is 0 Å². The van der Waals surface area contributed by atoms with Crippen LogP contribution in [0.5, 0.6) is 0 Å². The summed E-state index contributed by atoms with van der Waals surface area (Å²) < 4.78 is 15.5. The van der Waals surface area contributed by atoms with Gasteiger partial charge >= 0.3 is 0 Å². The highest BCUT2D eigenvalue weighted by atomic mass is 16.5. The van der Waals surface area contributed by atoms with Crippen LogP contribution in [0, 0.1) is 0 Å². The number of aromatic nitrogens is 4.